The molecule has 1 aliphatic rings. The van der Waals surface area contributed by atoms with Gasteiger partial charge in [-0.2, -0.15) is 0 Å². The van der Waals surface area contributed by atoms with Gasteiger partial charge in [-0.1, -0.05) is 6.07 Å². The molecule has 1 saturated heterocycles. The smallest absolute Gasteiger partial charge is 0.211 e. The van der Waals surface area contributed by atoms with Crippen molar-refractivity contribution < 1.29 is 8.42 Å². The second-order valence-corrected chi connectivity index (χ2v) is 7.15. The molecule has 0 atom stereocenters. The predicted octanol–water partition coefficient (Wildman–Crippen LogP) is 1.41. The lowest BCUT2D eigenvalue weighted by Crippen LogP contribution is -2.41. The Balaban J connectivity index is 1.96. The van der Waals surface area contributed by atoms with E-state index in [1.54, 1.807) is 0 Å². The molecule has 0 radical (unpaired) electrons. The number of hydrogen-bond acceptors (Lipinski definition) is 4. The minimum atomic E-state index is -3.06. The second-order valence-electron chi connectivity index (χ2n) is 5.17. The molecule has 2 rings (SSSR count). The Labute approximate surface area is 114 Å². The first-order valence-electron chi connectivity index (χ1n) is 6.44. The molecule has 0 amide bonds. The molecule has 0 bridgehead atoms. The number of nitrogen functional groups attached to an aromatic ring is 1. The Morgan fingerprint density at radius 3 is 2.47 bits per heavy atom. The lowest BCUT2D eigenvalue weighted by atomic mass is 10.1. The molecule has 0 aliphatic carbocycles. The third-order valence-electron chi connectivity index (χ3n) is 3.49. The van der Waals surface area contributed by atoms with E-state index < -0.39 is 10.0 Å². The van der Waals surface area contributed by atoms with Gasteiger partial charge in [-0.25, -0.2) is 12.7 Å². The first kappa shape index (κ1) is 14.1. The van der Waals surface area contributed by atoms with Gasteiger partial charge in [0, 0.05) is 19.1 Å². The van der Waals surface area contributed by atoms with E-state index in [9.17, 15) is 8.42 Å². The Bertz CT molecular complexity index is 549. The summed E-state index contributed by atoms with van der Waals surface area (Å²) in [5.74, 6) is 0. The van der Waals surface area contributed by atoms with Crippen molar-refractivity contribution >= 4 is 21.4 Å². The predicted molar refractivity (Wildman–Crippen MR) is 78.7 cm³/mol. The maximum absolute atomic E-state index is 11.4. The highest BCUT2D eigenvalue weighted by atomic mass is 32.2. The van der Waals surface area contributed by atoms with Gasteiger partial charge in [-0.05, 0) is 37.5 Å². The summed E-state index contributed by atoms with van der Waals surface area (Å²) in [5.41, 5.74) is 8.78. The van der Waals surface area contributed by atoms with Crippen molar-refractivity contribution in [2.24, 2.45) is 0 Å². The van der Waals surface area contributed by atoms with Gasteiger partial charge in [-0.3, -0.25) is 0 Å². The Morgan fingerprint density at radius 2 is 1.95 bits per heavy atom. The van der Waals surface area contributed by atoms with Crippen LogP contribution < -0.4 is 11.1 Å². The van der Waals surface area contributed by atoms with E-state index in [0.29, 0.717) is 13.1 Å². The molecule has 0 aromatic heterocycles. The Morgan fingerprint density at radius 1 is 1.32 bits per heavy atom. The Kier molecular flexibility index (Phi) is 4.01. The minimum absolute atomic E-state index is 0.281. The van der Waals surface area contributed by atoms with E-state index in [-0.39, 0.29) is 6.04 Å². The molecule has 6 heteroatoms. The number of piperidine rings is 1. The fourth-order valence-corrected chi connectivity index (χ4v) is 3.24. The van der Waals surface area contributed by atoms with Gasteiger partial charge in [-0.15, -0.1) is 0 Å². The summed E-state index contributed by atoms with van der Waals surface area (Å²) < 4.78 is 24.4. The van der Waals surface area contributed by atoms with Crippen LogP contribution in [0.2, 0.25) is 0 Å². The van der Waals surface area contributed by atoms with Crippen LogP contribution in [0.1, 0.15) is 18.4 Å². The summed E-state index contributed by atoms with van der Waals surface area (Å²) in [5, 5.41) is 3.40. The molecule has 0 spiro atoms. The van der Waals surface area contributed by atoms with Crippen LogP contribution in [0.15, 0.2) is 18.2 Å². The van der Waals surface area contributed by atoms with Gasteiger partial charge in [0.1, 0.15) is 0 Å². The summed E-state index contributed by atoms with van der Waals surface area (Å²) in [6.07, 6.45) is 2.87. The highest BCUT2D eigenvalue weighted by Gasteiger charge is 2.24. The van der Waals surface area contributed by atoms with E-state index in [0.717, 1.165) is 29.8 Å². The lowest BCUT2D eigenvalue weighted by molar-refractivity contribution is 0.332. The quantitative estimate of drug-likeness (QED) is 0.823. The van der Waals surface area contributed by atoms with E-state index >= 15 is 0 Å². The number of nitrogens with one attached hydrogen (secondary N) is 1. The van der Waals surface area contributed by atoms with Crippen molar-refractivity contribution in [3.63, 3.8) is 0 Å². The van der Waals surface area contributed by atoms with Gasteiger partial charge in [0.15, 0.2) is 0 Å². The van der Waals surface area contributed by atoms with E-state index in [4.69, 9.17) is 5.73 Å². The average Bonchev–Trinajstić information content (AvgIpc) is 2.32. The minimum Gasteiger partial charge on any atom is -0.397 e. The molecule has 19 heavy (non-hydrogen) atoms. The summed E-state index contributed by atoms with van der Waals surface area (Å²) >= 11 is 0. The maximum atomic E-state index is 11.4. The Hall–Kier alpha value is -1.27. The maximum Gasteiger partial charge on any atom is 0.211 e. The zero-order chi connectivity index (χ0) is 14.0. The van der Waals surface area contributed by atoms with Crippen LogP contribution in [0.25, 0.3) is 0 Å². The van der Waals surface area contributed by atoms with Gasteiger partial charge in [0.25, 0.3) is 0 Å². The summed E-state index contributed by atoms with van der Waals surface area (Å²) in [6, 6.07) is 6.22. The highest BCUT2D eigenvalue weighted by molar-refractivity contribution is 7.88. The van der Waals surface area contributed by atoms with Crippen LogP contribution in [0.4, 0.5) is 11.4 Å². The molecule has 3 N–H and O–H groups in total. The molecule has 5 nitrogen and oxygen atoms in total. The number of rotatable bonds is 3. The van der Waals surface area contributed by atoms with Crippen molar-refractivity contribution in [3.8, 4) is 0 Å². The van der Waals surface area contributed by atoms with Crippen LogP contribution in [0.3, 0.4) is 0 Å². The first-order chi connectivity index (χ1) is 8.86. The molecular formula is C13H21N3O2S. The average molecular weight is 283 g/mol. The van der Waals surface area contributed by atoms with Gasteiger partial charge >= 0.3 is 0 Å². The molecule has 1 fully saturated rings. The monoisotopic (exact) mass is 283 g/mol. The summed E-state index contributed by atoms with van der Waals surface area (Å²) in [4.78, 5) is 0. The summed E-state index contributed by atoms with van der Waals surface area (Å²) in [6.45, 7) is 3.15. The molecule has 1 aromatic carbocycles. The van der Waals surface area contributed by atoms with Crippen molar-refractivity contribution in [3.05, 3.63) is 23.8 Å². The molecular weight excluding hydrogens is 262 g/mol. The lowest BCUT2D eigenvalue weighted by Gasteiger charge is -2.31. The van der Waals surface area contributed by atoms with Gasteiger partial charge in [0.05, 0.1) is 17.6 Å². The largest absolute Gasteiger partial charge is 0.397 e. The van der Waals surface area contributed by atoms with Crippen LogP contribution >= 0.6 is 0 Å². The molecule has 0 unspecified atom stereocenters. The molecule has 0 saturated carbocycles. The number of nitrogens with two attached hydrogens (primary N) is 1. The van der Waals surface area contributed by atoms with Gasteiger partial charge < -0.3 is 11.1 Å². The van der Waals surface area contributed by atoms with Crippen LogP contribution in [0, 0.1) is 6.92 Å². The third kappa shape index (κ3) is 3.61. The molecule has 1 heterocycles. The second kappa shape index (κ2) is 5.38. The number of hydrogen-bond donors (Lipinski definition) is 2. The number of aryl methyl sites for hydroxylation is 1. The molecule has 1 aliphatic heterocycles. The van der Waals surface area contributed by atoms with Crippen LogP contribution in [-0.2, 0) is 10.0 Å². The zero-order valence-electron chi connectivity index (χ0n) is 11.4. The van der Waals surface area contributed by atoms with Crippen molar-refractivity contribution in [1.82, 2.24) is 4.31 Å². The van der Waals surface area contributed by atoms with Crippen LogP contribution in [-0.4, -0.2) is 38.1 Å². The summed E-state index contributed by atoms with van der Waals surface area (Å²) in [7, 11) is -3.06. The molecule has 106 valence electrons. The fourth-order valence-electron chi connectivity index (χ4n) is 2.37. The van der Waals surface area contributed by atoms with E-state index in [2.05, 4.69) is 5.32 Å². The normalized spacial score (nSPS) is 18.4. The number of anilines is 2. The highest BCUT2D eigenvalue weighted by Crippen LogP contribution is 2.23. The van der Waals surface area contributed by atoms with Gasteiger partial charge in [0.2, 0.25) is 10.0 Å². The standard InChI is InChI=1S/C13H21N3O2S/c1-10-3-4-13(12(14)9-10)15-11-5-7-16(8-6-11)19(2,17)18/h3-4,9,11,15H,5-8,14H2,1-2H3. The fraction of sp³-hybridized carbons (Fsp3) is 0.538. The number of benzene rings is 1. The van der Waals surface area contributed by atoms with E-state index in [1.165, 1.54) is 10.6 Å². The topological polar surface area (TPSA) is 75.4 Å². The van der Waals surface area contributed by atoms with E-state index in [1.807, 2.05) is 25.1 Å². The van der Waals surface area contributed by atoms with Crippen molar-refractivity contribution in [2.75, 3.05) is 30.4 Å². The third-order valence-corrected chi connectivity index (χ3v) is 4.79. The SMILES string of the molecule is Cc1ccc(NC2CCN(S(C)(=O)=O)CC2)c(N)c1. The van der Waals surface area contributed by atoms with Crippen LogP contribution in [0.5, 0.6) is 0 Å². The number of nitrogens with zero attached hydrogens (tertiary/aromatic N) is 1. The molecule has 1 aromatic rings. The first-order valence-corrected chi connectivity index (χ1v) is 8.29. The number of sulfonamides is 1. The zero-order valence-corrected chi connectivity index (χ0v) is 12.2. The van der Waals surface area contributed by atoms with Crippen molar-refractivity contribution in [2.45, 2.75) is 25.8 Å². The van der Waals surface area contributed by atoms with Crippen molar-refractivity contribution in [1.29, 1.82) is 0 Å².